The Kier molecular flexibility index (Phi) is 4.44. The van der Waals surface area contributed by atoms with Gasteiger partial charge in [-0.15, -0.1) is 10.2 Å². The van der Waals surface area contributed by atoms with Crippen LogP contribution in [-0.2, 0) is 6.54 Å². The average Bonchev–Trinajstić information content (AvgIpc) is 2.79. The van der Waals surface area contributed by atoms with E-state index in [2.05, 4.69) is 15.5 Å². The maximum atomic E-state index is 12.0. The Labute approximate surface area is 122 Å². The van der Waals surface area contributed by atoms with Crippen molar-refractivity contribution in [2.75, 3.05) is 6.54 Å². The van der Waals surface area contributed by atoms with Crippen LogP contribution in [0.2, 0.25) is 5.02 Å². The Morgan fingerprint density at radius 2 is 2.20 bits per heavy atom. The third-order valence-corrected chi connectivity index (χ3v) is 3.28. The zero-order valence-corrected chi connectivity index (χ0v) is 12.6. The van der Waals surface area contributed by atoms with Crippen LogP contribution in [0, 0.1) is 0 Å². The molecule has 7 heteroatoms. The molecule has 2 aromatic heterocycles. The molecule has 0 atom stereocenters. The first kappa shape index (κ1) is 14.6. The van der Waals surface area contributed by atoms with E-state index in [1.54, 1.807) is 27.6 Å². The molecule has 0 radical (unpaired) electrons. The Hall–Kier alpha value is -1.82. The summed E-state index contributed by atoms with van der Waals surface area (Å²) in [5, 5.41) is 11.5. The van der Waals surface area contributed by atoms with Gasteiger partial charge in [0.2, 0.25) is 0 Å². The highest BCUT2D eigenvalue weighted by Crippen LogP contribution is 2.11. The van der Waals surface area contributed by atoms with Gasteiger partial charge in [0.15, 0.2) is 11.5 Å². The van der Waals surface area contributed by atoms with Crippen LogP contribution in [0.5, 0.6) is 0 Å². The summed E-state index contributed by atoms with van der Waals surface area (Å²) in [4.78, 5) is 13.8. The van der Waals surface area contributed by atoms with Crippen molar-refractivity contribution in [2.24, 2.45) is 0 Å². The molecule has 0 aromatic carbocycles. The van der Waals surface area contributed by atoms with E-state index in [9.17, 15) is 4.79 Å². The molecule has 0 saturated heterocycles. The number of carbonyl (C=O) groups is 1. The van der Waals surface area contributed by atoms with E-state index in [-0.39, 0.29) is 12.1 Å². The monoisotopic (exact) mass is 295 g/mol. The zero-order chi connectivity index (χ0) is 14.7. The molecular weight excluding hydrogens is 278 g/mol. The van der Waals surface area contributed by atoms with Crippen molar-refractivity contribution in [1.82, 2.24) is 24.8 Å². The molecule has 0 spiro atoms. The minimum Gasteiger partial charge on any atom is -0.331 e. The maximum absolute atomic E-state index is 12.0. The van der Waals surface area contributed by atoms with Crippen LogP contribution >= 0.6 is 11.6 Å². The van der Waals surface area contributed by atoms with Crippen molar-refractivity contribution in [3.05, 3.63) is 29.2 Å². The number of pyridine rings is 1. The lowest BCUT2D eigenvalue weighted by molar-refractivity contribution is 0.186. The predicted octanol–water partition coefficient (Wildman–Crippen LogP) is 2.32. The van der Waals surface area contributed by atoms with Gasteiger partial charge in [-0.25, -0.2) is 4.79 Å². The lowest BCUT2D eigenvalue weighted by Crippen LogP contribution is -2.43. The number of hydrogen-bond acceptors (Lipinski definition) is 3. The minimum absolute atomic E-state index is 0.110. The first-order valence-electron chi connectivity index (χ1n) is 6.56. The van der Waals surface area contributed by atoms with E-state index in [4.69, 9.17) is 11.6 Å². The fourth-order valence-electron chi connectivity index (χ4n) is 2.03. The summed E-state index contributed by atoms with van der Waals surface area (Å²) in [6, 6.07) is 3.59. The van der Waals surface area contributed by atoms with Gasteiger partial charge >= 0.3 is 6.03 Å². The molecule has 0 aliphatic rings. The summed E-state index contributed by atoms with van der Waals surface area (Å²) < 4.78 is 1.77. The summed E-state index contributed by atoms with van der Waals surface area (Å²) in [6.45, 7) is 6.88. The van der Waals surface area contributed by atoms with Gasteiger partial charge in [-0.3, -0.25) is 4.40 Å². The van der Waals surface area contributed by atoms with Crippen LogP contribution in [0.4, 0.5) is 4.79 Å². The molecular formula is C13H18ClN5O. The maximum Gasteiger partial charge on any atom is 0.317 e. The smallest absolute Gasteiger partial charge is 0.317 e. The van der Waals surface area contributed by atoms with Crippen LogP contribution < -0.4 is 5.32 Å². The molecule has 6 nitrogen and oxygen atoms in total. The number of aromatic nitrogens is 3. The number of amides is 2. The number of carbonyl (C=O) groups excluding carboxylic acids is 1. The third-order valence-electron chi connectivity index (χ3n) is 3.06. The molecule has 1 N–H and O–H groups in total. The topological polar surface area (TPSA) is 62.5 Å². The van der Waals surface area contributed by atoms with Crippen LogP contribution in [0.25, 0.3) is 5.65 Å². The molecule has 0 unspecified atom stereocenters. The second kappa shape index (κ2) is 6.09. The molecule has 0 aliphatic carbocycles. The molecule has 2 heterocycles. The Morgan fingerprint density at radius 1 is 1.45 bits per heavy atom. The molecule has 2 rings (SSSR count). The van der Waals surface area contributed by atoms with Crippen molar-refractivity contribution in [3.63, 3.8) is 0 Å². The van der Waals surface area contributed by atoms with Gasteiger partial charge in [0.05, 0.1) is 11.6 Å². The van der Waals surface area contributed by atoms with Gasteiger partial charge in [0, 0.05) is 18.8 Å². The Balaban J connectivity index is 2.09. The highest BCUT2D eigenvalue weighted by Gasteiger charge is 2.15. The largest absolute Gasteiger partial charge is 0.331 e. The molecule has 20 heavy (non-hydrogen) atoms. The van der Waals surface area contributed by atoms with E-state index in [0.29, 0.717) is 29.6 Å². The minimum atomic E-state index is -0.110. The number of rotatable bonds is 4. The summed E-state index contributed by atoms with van der Waals surface area (Å²) >= 11 is 5.95. The predicted molar refractivity (Wildman–Crippen MR) is 77.7 cm³/mol. The van der Waals surface area contributed by atoms with Gasteiger partial charge in [0.25, 0.3) is 0 Å². The first-order chi connectivity index (χ1) is 9.52. The molecule has 0 saturated carbocycles. The lowest BCUT2D eigenvalue weighted by atomic mass is 10.3. The van der Waals surface area contributed by atoms with Crippen LogP contribution in [0.1, 0.15) is 26.6 Å². The number of halogens is 1. The second-order valence-corrected chi connectivity index (χ2v) is 5.17. The quantitative estimate of drug-likeness (QED) is 0.941. The van der Waals surface area contributed by atoms with Crippen molar-refractivity contribution in [2.45, 2.75) is 33.4 Å². The molecule has 108 valence electrons. The summed E-state index contributed by atoms with van der Waals surface area (Å²) in [7, 11) is 0. The lowest BCUT2D eigenvalue weighted by Gasteiger charge is -2.25. The van der Waals surface area contributed by atoms with Gasteiger partial charge in [-0.2, -0.15) is 0 Å². The van der Waals surface area contributed by atoms with E-state index >= 15 is 0 Å². The molecule has 0 bridgehead atoms. The van der Waals surface area contributed by atoms with Gasteiger partial charge in [0.1, 0.15) is 0 Å². The first-order valence-corrected chi connectivity index (χ1v) is 6.94. The highest BCUT2D eigenvalue weighted by atomic mass is 35.5. The summed E-state index contributed by atoms with van der Waals surface area (Å²) in [5.41, 5.74) is 0.704. The van der Waals surface area contributed by atoms with Crippen molar-refractivity contribution >= 4 is 23.3 Å². The summed E-state index contributed by atoms with van der Waals surface area (Å²) in [5.74, 6) is 0.649. The SMILES string of the molecule is CCN(C(=O)NCc1nnc2ccc(Cl)cn12)C(C)C. The summed E-state index contributed by atoms with van der Waals surface area (Å²) in [6.07, 6.45) is 1.73. The zero-order valence-electron chi connectivity index (χ0n) is 11.8. The van der Waals surface area contributed by atoms with Crippen molar-refractivity contribution in [1.29, 1.82) is 0 Å². The van der Waals surface area contributed by atoms with Gasteiger partial charge in [-0.05, 0) is 32.9 Å². The second-order valence-electron chi connectivity index (χ2n) is 4.73. The third kappa shape index (κ3) is 3.01. The van der Waals surface area contributed by atoms with Crippen molar-refractivity contribution < 1.29 is 4.79 Å². The van der Waals surface area contributed by atoms with E-state index in [1.165, 1.54) is 0 Å². The van der Waals surface area contributed by atoms with Gasteiger partial charge in [-0.1, -0.05) is 11.6 Å². The Morgan fingerprint density at radius 3 is 2.85 bits per heavy atom. The van der Waals surface area contributed by atoms with E-state index < -0.39 is 0 Å². The normalized spacial score (nSPS) is 11.1. The standard InChI is InChI=1S/C13H18ClN5O/c1-4-18(9(2)3)13(20)15-7-12-17-16-11-6-5-10(14)8-19(11)12/h5-6,8-9H,4,7H2,1-3H3,(H,15,20). The van der Waals surface area contributed by atoms with E-state index in [0.717, 1.165) is 0 Å². The number of hydrogen-bond donors (Lipinski definition) is 1. The molecule has 2 amide bonds. The Bertz CT molecular complexity index is 610. The fourth-order valence-corrected chi connectivity index (χ4v) is 2.19. The number of nitrogens with zero attached hydrogens (tertiary/aromatic N) is 4. The van der Waals surface area contributed by atoms with Crippen LogP contribution in [-0.4, -0.2) is 38.1 Å². The molecule has 0 fully saturated rings. The van der Waals surface area contributed by atoms with E-state index in [1.807, 2.05) is 20.8 Å². The number of nitrogens with one attached hydrogen (secondary N) is 1. The fraction of sp³-hybridized carbons (Fsp3) is 0.462. The van der Waals surface area contributed by atoms with Crippen LogP contribution in [0.3, 0.4) is 0 Å². The highest BCUT2D eigenvalue weighted by molar-refractivity contribution is 6.30. The number of fused-ring (bicyclic) bond motifs is 1. The molecule has 2 aromatic rings. The molecule has 0 aliphatic heterocycles. The number of urea groups is 1. The van der Waals surface area contributed by atoms with Gasteiger partial charge < -0.3 is 10.2 Å². The van der Waals surface area contributed by atoms with Crippen LogP contribution in [0.15, 0.2) is 18.3 Å². The van der Waals surface area contributed by atoms with Crippen molar-refractivity contribution in [3.8, 4) is 0 Å². The average molecular weight is 296 g/mol.